The number of aromatic amines is 1. The molecule has 0 saturated carbocycles. The average Bonchev–Trinajstić information content (AvgIpc) is 3.17. The fourth-order valence-corrected chi connectivity index (χ4v) is 2.76. The molecule has 0 saturated heterocycles. The fraction of sp³-hybridized carbons (Fsp3) is 0.0588. The SMILES string of the molecule is Fc1ccn2c(Cc3ncc[nH]3)c(-c3ccc(Cl)cc3)nc2c1. The first kappa shape index (κ1) is 14.0. The lowest BCUT2D eigenvalue weighted by Crippen LogP contribution is -1.98. The van der Waals surface area contributed by atoms with Gasteiger partial charge in [-0.2, -0.15) is 0 Å². The predicted octanol–water partition coefficient (Wildman–Crippen LogP) is 4.11. The van der Waals surface area contributed by atoms with E-state index in [0.717, 1.165) is 22.8 Å². The Morgan fingerprint density at radius 1 is 1.17 bits per heavy atom. The van der Waals surface area contributed by atoms with Crippen molar-refractivity contribution in [1.82, 2.24) is 19.4 Å². The molecule has 4 rings (SSSR count). The molecule has 1 N–H and O–H groups in total. The Morgan fingerprint density at radius 3 is 2.74 bits per heavy atom. The summed E-state index contributed by atoms with van der Waals surface area (Å²) in [6, 6.07) is 10.3. The Morgan fingerprint density at radius 2 is 2.00 bits per heavy atom. The molecule has 0 unspecified atom stereocenters. The third-order valence-electron chi connectivity index (χ3n) is 3.69. The molecule has 0 aliphatic carbocycles. The summed E-state index contributed by atoms with van der Waals surface area (Å²) in [6.07, 6.45) is 5.74. The summed E-state index contributed by atoms with van der Waals surface area (Å²) in [4.78, 5) is 12.0. The molecule has 0 spiro atoms. The number of hydrogen-bond donors (Lipinski definition) is 1. The Bertz CT molecular complexity index is 958. The lowest BCUT2D eigenvalue weighted by Gasteiger charge is -2.04. The number of pyridine rings is 1. The molecule has 3 heterocycles. The van der Waals surface area contributed by atoms with Crippen LogP contribution in [0.3, 0.4) is 0 Å². The first-order chi connectivity index (χ1) is 11.2. The van der Waals surface area contributed by atoms with Gasteiger partial charge < -0.3 is 9.38 Å². The van der Waals surface area contributed by atoms with Gasteiger partial charge in [0.25, 0.3) is 0 Å². The first-order valence-corrected chi connectivity index (χ1v) is 7.49. The molecule has 0 amide bonds. The molecule has 4 nitrogen and oxygen atoms in total. The molecule has 4 aromatic rings. The van der Waals surface area contributed by atoms with Gasteiger partial charge in [-0.25, -0.2) is 14.4 Å². The highest BCUT2D eigenvalue weighted by atomic mass is 35.5. The maximum atomic E-state index is 13.5. The second-order valence-corrected chi connectivity index (χ2v) is 5.64. The number of hydrogen-bond acceptors (Lipinski definition) is 2. The minimum atomic E-state index is -0.310. The second kappa shape index (κ2) is 5.52. The van der Waals surface area contributed by atoms with Crippen molar-refractivity contribution in [2.75, 3.05) is 0 Å². The third-order valence-corrected chi connectivity index (χ3v) is 3.95. The van der Waals surface area contributed by atoms with Crippen molar-refractivity contribution in [3.8, 4) is 11.3 Å². The molecule has 0 aliphatic rings. The standard InChI is InChI=1S/C17H12ClFN4/c18-12-3-1-11(2-4-12)17-14(10-15-20-6-7-21-15)23-8-5-13(19)9-16(23)22-17/h1-9H,10H2,(H,20,21). The van der Waals surface area contributed by atoms with Crippen molar-refractivity contribution < 1.29 is 4.39 Å². The second-order valence-electron chi connectivity index (χ2n) is 5.20. The predicted molar refractivity (Wildman–Crippen MR) is 87.0 cm³/mol. The molecule has 0 fully saturated rings. The van der Waals surface area contributed by atoms with Crippen LogP contribution in [-0.4, -0.2) is 19.4 Å². The highest BCUT2D eigenvalue weighted by molar-refractivity contribution is 6.30. The van der Waals surface area contributed by atoms with Crippen LogP contribution in [0.5, 0.6) is 0 Å². The summed E-state index contributed by atoms with van der Waals surface area (Å²) in [5, 5.41) is 0.663. The van der Waals surface area contributed by atoms with Crippen molar-refractivity contribution in [2.45, 2.75) is 6.42 Å². The van der Waals surface area contributed by atoms with Crippen LogP contribution >= 0.6 is 11.6 Å². The van der Waals surface area contributed by atoms with E-state index < -0.39 is 0 Å². The third kappa shape index (κ3) is 2.59. The summed E-state index contributed by atoms with van der Waals surface area (Å²) in [7, 11) is 0. The van der Waals surface area contributed by atoms with Crippen LogP contribution in [0.1, 0.15) is 11.5 Å². The first-order valence-electron chi connectivity index (χ1n) is 7.11. The Kier molecular flexibility index (Phi) is 3.35. The van der Waals surface area contributed by atoms with Crippen LogP contribution in [0.15, 0.2) is 55.0 Å². The molecule has 0 bridgehead atoms. The van der Waals surface area contributed by atoms with Crippen LogP contribution in [0.25, 0.3) is 16.9 Å². The number of imidazole rings is 2. The van der Waals surface area contributed by atoms with Crippen molar-refractivity contribution in [1.29, 1.82) is 0 Å². The smallest absolute Gasteiger partial charge is 0.140 e. The molecule has 0 aliphatic heterocycles. The number of H-pyrrole nitrogens is 1. The Hall–Kier alpha value is -2.66. The van der Waals surface area contributed by atoms with Crippen LogP contribution < -0.4 is 0 Å². The fourth-order valence-electron chi connectivity index (χ4n) is 2.63. The van der Waals surface area contributed by atoms with Crippen LogP contribution in [0.4, 0.5) is 4.39 Å². The number of fused-ring (bicyclic) bond motifs is 1. The average molecular weight is 327 g/mol. The number of rotatable bonds is 3. The lowest BCUT2D eigenvalue weighted by atomic mass is 10.1. The van der Waals surface area contributed by atoms with Gasteiger partial charge in [0.2, 0.25) is 0 Å². The number of nitrogens with zero attached hydrogens (tertiary/aromatic N) is 3. The van der Waals surface area contributed by atoms with Crippen molar-refractivity contribution >= 4 is 17.2 Å². The van der Waals surface area contributed by atoms with Gasteiger partial charge >= 0.3 is 0 Å². The number of benzene rings is 1. The minimum absolute atomic E-state index is 0.310. The monoisotopic (exact) mass is 326 g/mol. The molecule has 3 aromatic heterocycles. The highest BCUT2D eigenvalue weighted by Crippen LogP contribution is 2.27. The van der Waals surface area contributed by atoms with Gasteiger partial charge in [0.15, 0.2) is 0 Å². The quantitative estimate of drug-likeness (QED) is 0.616. The van der Waals surface area contributed by atoms with E-state index in [1.807, 2.05) is 28.7 Å². The zero-order chi connectivity index (χ0) is 15.8. The van der Waals surface area contributed by atoms with Crippen molar-refractivity contribution in [3.05, 3.63) is 77.3 Å². The minimum Gasteiger partial charge on any atom is -0.348 e. The maximum Gasteiger partial charge on any atom is 0.140 e. The highest BCUT2D eigenvalue weighted by Gasteiger charge is 2.16. The van der Waals surface area contributed by atoms with E-state index in [0.29, 0.717) is 17.1 Å². The molecule has 114 valence electrons. The molecule has 1 aromatic carbocycles. The molecular weight excluding hydrogens is 315 g/mol. The zero-order valence-electron chi connectivity index (χ0n) is 12.0. The van der Waals surface area contributed by atoms with E-state index in [1.165, 1.54) is 12.1 Å². The van der Waals surface area contributed by atoms with Crippen molar-refractivity contribution in [2.24, 2.45) is 0 Å². The molecule has 23 heavy (non-hydrogen) atoms. The summed E-state index contributed by atoms with van der Waals surface area (Å²) < 4.78 is 15.4. The summed E-state index contributed by atoms with van der Waals surface area (Å²) in [5.41, 5.74) is 3.23. The van der Waals surface area contributed by atoms with E-state index in [4.69, 9.17) is 11.6 Å². The number of nitrogens with one attached hydrogen (secondary N) is 1. The number of halogens is 2. The van der Waals surface area contributed by atoms with Crippen molar-refractivity contribution in [3.63, 3.8) is 0 Å². The normalized spacial score (nSPS) is 11.2. The molecule has 6 heteroatoms. The molecular formula is C17H12ClFN4. The maximum absolute atomic E-state index is 13.5. The summed E-state index contributed by atoms with van der Waals surface area (Å²) >= 11 is 5.96. The van der Waals surface area contributed by atoms with E-state index in [9.17, 15) is 4.39 Å². The molecule has 0 radical (unpaired) electrons. The Labute approximate surface area is 136 Å². The van der Waals surface area contributed by atoms with E-state index in [-0.39, 0.29) is 5.82 Å². The van der Waals surface area contributed by atoms with Gasteiger partial charge in [0.05, 0.1) is 11.4 Å². The lowest BCUT2D eigenvalue weighted by molar-refractivity contribution is 0.626. The van der Waals surface area contributed by atoms with E-state index in [1.54, 1.807) is 18.6 Å². The summed E-state index contributed by atoms with van der Waals surface area (Å²) in [5.74, 6) is 0.515. The topological polar surface area (TPSA) is 46.0 Å². The van der Waals surface area contributed by atoms with Gasteiger partial charge in [0, 0.05) is 41.7 Å². The number of aromatic nitrogens is 4. The van der Waals surface area contributed by atoms with Gasteiger partial charge in [0.1, 0.15) is 17.3 Å². The zero-order valence-corrected chi connectivity index (χ0v) is 12.8. The Balaban J connectivity index is 1.92. The van der Waals surface area contributed by atoms with Gasteiger partial charge in [-0.15, -0.1) is 0 Å². The summed E-state index contributed by atoms with van der Waals surface area (Å²) in [6.45, 7) is 0. The van der Waals surface area contributed by atoms with E-state index in [2.05, 4.69) is 15.0 Å². The van der Waals surface area contributed by atoms with Crippen LogP contribution in [0.2, 0.25) is 5.02 Å². The van der Waals surface area contributed by atoms with Crippen LogP contribution in [0, 0.1) is 5.82 Å². The van der Waals surface area contributed by atoms with Gasteiger partial charge in [-0.1, -0.05) is 23.7 Å². The van der Waals surface area contributed by atoms with E-state index >= 15 is 0 Å². The van der Waals surface area contributed by atoms with Crippen LogP contribution in [-0.2, 0) is 6.42 Å². The van der Waals surface area contributed by atoms with Gasteiger partial charge in [-0.05, 0) is 18.2 Å². The molecule has 0 atom stereocenters. The largest absolute Gasteiger partial charge is 0.348 e. The van der Waals surface area contributed by atoms with Gasteiger partial charge in [-0.3, -0.25) is 0 Å².